The molecular weight excluding hydrogens is 266 g/mol. The van der Waals surface area contributed by atoms with Crippen LogP contribution in [0, 0.1) is 0 Å². The number of aryl methyl sites for hydroxylation is 1. The summed E-state index contributed by atoms with van der Waals surface area (Å²) < 4.78 is 0. The van der Waals surface area contributed by atoms with Crippen LogP contribution < -0.4 is 10.2 Å². The minimum Gasteiger partial charge on any atom is -0.348 e. The summed E-state index contributed by atoms with van der Waals surface area (Å²) in [6, 6.07) is 1.24. The van der Waals surface area contributed by atoms with Crippen LogP contribution >= 0.6 is 11.3 Å². The number of aromatic nitrogens is 1. The molecule has 1 heterocycles. The van der Waals surface area contributed by atoms with Gasteiger partial charge in [0.15, 0.2) is 5.13 Å². The maximum absolute atomic E-state index is 4.96. The van der Waals surface area contributed by atoms with E-state index >= 15 is 0 Å². The summed E-state index contributed by atoms with van der Waals surface area (Å²) >= 11 is 1.93. The predicted octanol–water partition coefficient (Wildman–Crippen LogP) is 3.90. The zero-order chi connectivity index (χ0) is 13.9. The Morgan fingerprint density at radius 3 is 2.55 bits per heavy atom. The fraction of sp³-hybridized carbons (Fsp3) is 0.812. The van der Waals surface area contributed by atoms with Crippen LogP contribution in [0.15, 0.2) is 0 Å². The highest BCUT2D eigenvalue weighted by Crippen LogP contribution is 2.38. The first-order chi connectivity index (χ1) is 9.79. The van der Waals surface area contributed by atoms with Gasteiger partial charge in [-0.05, 0) is 39.2 Å². The van der Waals surface area contributed by atoms with Crippen LogP contribution in [0.25, 0.3) is 0 Å². The summed E-state index contributed by atoms with van der Waals surface area (Å²) in [5.41, 5.74) is 1.36. The van der Waals surface area contributed by atoms with E-state index in [-0.39, 0.29) is 0 Å². The summed E-state index contributed by atoms with van der Waals surface area (Å²) in [6.45, 7) is 0. The summed E-state index contributed by atoms with van der Waals surface area (Å²) in [4.78, 5) is 8.93. The molecule has 0 aliphatic heterocycles. The van der Waals surface area contributed by atoms with Crippen LogP contribution in [-0.4, -0.2) is 25.1 Å². The van der Waals surface area contributed by atoms with E-state index in [4.69, 9.17) is 4.98 Å². The van der Waals surface area contributed by atoms with E-state index in [2.05, 4.69) is 24.3 Å². The van der Waals surface area contributed by atoms with Gasteiger partial charge in [-0.1, -0.05) is 37.0 Å². The molecular formula is C16H27N3S. The van der Waals surface area contributed by atoms with Crippen LogP contribution in [0.2, 0.25) is 0 Å². The Morgan fingerprint density at radius 2 is 1.85 bits per heavy atom. The van der Waals surface area contributed by atoms with Gasteiger partial charge in [-0.25, -0.2) is 4.98 Å². The predicted molar refractivity (Wildman–Crippen MR) is 86.7 cm³/mol. The molecule has 0 aromatic carbocycles. The molecule has 4 heteroatoms. The maximum atomic E-state index is 4.96. The number of anilines is 1. The normalized spacial score (nSPS) is 24.2. The third-order valence-corrected chi connectivity index (χ3v) is 6.26. The Hall–Kier alpha value is -0.610. The molecule has 0 bridgehead atoms. The standard InChI is InChI=1S/C16H27N3S/c1-17-13-10-7-11-14-15(13)20-16(18-14)19(2)12-8-5-3-4-6-9-12/h12-13,17H,3-11H2,1-2H3. The molecule has 1 aromatic heterocycles. The van der Waals surface area contributed by atoms with Gasteiger partial charge in [0.25, 0.3) is 0 Å². The molecule has 0 amide bonds. The van der Waals surface area contributed by atoms with E-state index in [1.807, 2.05) is 11.3 Å². The van der Waals surface area contributed by atoms with Gasteiger partial charge >= 0.3 is 0 Å². The zero-order valence-corrected chi connectivity index (χ0v) is 13.6. The Bertz CT molecular complexity index is 435. The van der Waals surface area contributed by atoms with Gasteiger partial charge in [-0.3, -0.25) is 0 Å². The summed E-state index contributed by atoms with van der Waals surface area (Å²) in [5, 5.41) is 4.71. The van der Waals surface area contributed by atoms with Crippen molar-refractivity contribution in [1.82, 2.24) is 10.3 Å². The Kier molecular flexibility index (Phi) is 4.61. The van der Waals surface area contributed by atoms with Crippen molar-refractivity contribution in [3.63, 3.8) is 0 Å². The second kappa shape index (κ2) is 6.44. The van der Waals surface area contributed by atoms with Crippen molar-refractivity contribution in [2.75, 3.05) is 19.0 Å². The van der Waals surface area contributed by atoms with Crippen molar-refractivity contribution >= 4 is 16.5 Å². The average Bonchev–Trinajstić information content (AvgIpc) is 2.73. The number of fused-ring (bicyclic) bond motifs is 1. The zero-order valence-electron chi connectivity index (χ0n) is 12.8. The molecule has 1 atom stereocenters. The number of hydrogen-bond donors (Lipinski definition) is 1. The Morgan fingerprint density at radius 1 is 1.10 bits per heavy atom. The lowest BCUT2D eigenvalue weighted by Crippen LogP contribution is -2.30. The monoisotopic (exact) mass is 293 g/mol. The lowest BCUT2D eigenvalue weighted by atomic mass is 9.98. The molecule has 2 aliphatic rings. The fourth-order valence-electron chi connectivity index (χ4n) is 3.63. The molecule has 2 aliphatic carbocycles. The number of nitrogens with zero attached hydrogens (tertiary/aromatic N) is 2. The maximum Gasteiger partial charge on any atom is 0.185 e. The Labute approximate surface area is 126 Å². The number of rotatable bonds is 3. The van der Waals surface area contributed by atoms with Crippen molar-refractivity contribution in [3.8, 4) is 0 Å². The lowest BCUT2D eigenvalue weighted by Gasteiger charge is -2.26. The van der Waals surface area contributed by atoms with Crippen LogP contribution in [0.5, 0.6) is 0 Å². The average molecular weight is 293 g/mol. The van der Waals surface area contributed by atoms with Gasteiger partial charge in [-0.15, -0.1) is 0 Å². The van der Waals surface area contributed by atoms with Crippen LogP contribution in [0.3, 0.4) is 0 Å². The lowest BCUT2D eigenvalue weighted by molar-refractivity contribution is 0.500. The minimum absolute atomic E-state index is 0.535. The molecule has 1 aromatic rings. The molecule has 1 fully saturated rings. The van der Waals surface area contributed by atoms with Crippen molar-refractivity contribution in [3.05, 3.63) is 10.6 Å². The SMILES string of the molecule is CNC1CCCc2nc(N(C)C3CCCCCC3)sc21. The van der Waals surface area contributed by atoms with Crippen LogP contribution in [-0.2, 0) is 6.42 Å². The van der Waals surface area contributed by atoms with Gasteiger partial charge in [0, 0.05) is 24.0 Å². The molecule has 1 saturated carbocycles. The topological polar surface area (TPSA) is 28.2 Å². The largest absolute Gasteiger partial charge is 0.348 e. The van der Waals surface area contributed by atoms with Crippen molar-refractivity contribution < 1.29 is 0 Å². The van der Waals surface area contributed by atoms with E-state index in [1.54, 1.807) is 0 Å². The second-order valence-electron chi connectivity index (χ2n) is 6.30. The molecule has 3 rings (SSSR count). The first kappa shape index (κ1) is 14.3. The van der Waals surface area contributed by atoms with Gasteiger partial charge in [0.1, 0.15) is 0 Å². The molecule has 112 valence electrons. The molecule has 0 saturated heterocycles. The highest BCUT2D eigenvalue weighted by atomic mass is 32.1. The molecule has 0 radical (unpaired) electrons. The van der Waals surface area contributed by atoms with Gasteiger partial charge in [-0.2, -0.15) is 0 Å². The molecule has 1 N–H and O–H groups in total. The van der Waals surface area contributed by atoms with Gasteiger partial charge in [0.2, 0.25) is 0 Å². The second-order valence-corrected chi connectivity index (χ2v) is 7.31. The van der Waals surface area contributed by atoms with E-state index in [1.165, 1.54) is 73.5 Å². The highest BCUT2D eigenvalue weighted by Gasteiger charge is 2.26. The molecule has 20 heavy (non-hydrogen) atoms. The van der Waals surface area contributed by atoms with Crippen molar-refractivity contribution in [2.45, 2.75) is 69.9 Å². The smallest absolute Gasteiger partial charge is 0.185 e. The summed E-state index contributed by atoms with van der Waals surface area (Å²) in [7, 11) is 4.34. The summed E-state index contributed by atoms with van der Waals surface area (Å²) in [5.74, 6) is 0. The summed E-state index contributed by atoms with van der Waals surface area (Å²) in [6.07, 6.45) is 12.0. The third kappa shape index (κ3) is 2.86. The Balaban J connectivity index is 1.78. The first-order valence-electron chi connectivity index (χ1n) is 8.19. The number of hydrogen-bond acceptors (Lipinski definition) is 4. The van der Waals surface area contributed by atoms with E-state index < -0.39 is 0 Å². The molecule has 3 nitrogen and oxygen atoms in total. The van der Waals surface area contributed by atoms with E-state index in [0.29, 0.717) is 12.1 Å². The molecule has 0 spiro atoms. The van der Waals surface area contributed by atoms with E-state index in [0.717, 1.165) is 0 Å². The fourth-order valence-corrected chi connectivity index (χ4v) is 4.92. The van der Waals surface area contributed by atoms with Crippen molar-refractivity contribution in [1.29, 1.82) is 0 Å². The van der Waals surface area contributed by atoms with Crippen molar-refractivity contribution in [2.24, 2.45) is 0 Å². The number of nitrogens with one attached hydrogen (secondary N) is 1. The third-order valence-electron chi connectivity index (χ3n) is 4.96. The number of thiazole rings is 1. The minimum atomic E-state index is 0.535. The van der Waals surface area contributed by atoms with Gasteiger partial charge in [0.05, 0.1) is 5.69 Å². The van der Waals surface area contributed by atoms with E-state index in [9.17, 15) is 0 Å². The quantitative estimate of drug-likeness (QED) is 0.857. The van der Waals surface area contributed by atoms with Gasteiger partial charge < -0.3 is 10.2 Å². The molecule has 1 unspecified atom stereocenters. The van der Waals surface area contributed by atoms with Crippen LogP contribution in [0.4, 0.5) is 5.13 Å². The van der Waals surface area contributed by atoms with Crippen LogP contribution in [0.1, 0.15) is 68.0 Å². The highest BCUT2D eigenvalue weighted by molar-refractivity contribution is 7.15. The first-order valence-corrected chi connectivity index (χ1v) is 9.01.